The van der Waals surface area contributed by atoms with E-state index >= 15 is 0 Å². The highest BCUT2D eigenvalue weighted by atomic mass is 32.1. The molecule has 0 spiro atoms. The first-order valence-corrected chi connectivity index (χ1v) is 9.93. The normalized spacial score (nSPS) is 14.4. The Morgan fingerprint density at radius 2 is 1.74 bits per heavy atom. The number of halogens is 3. The molecular formula is C22H15F3N2O3S. The molecule has 0 unspecified atom stereocenters. The van der Waals surface area contributed by atoms with Gasteiger partial charge in [-0.05, 0) is 41.8 Å². The van der Waals surface area contributed by atoms with Crippen LogP contribution in [0.1, 0.15) is 10.4 Å². The summed E-state index contributed by atoms with van der Waals surface area (Å²) in [6, 6.07) is 14.3. The minimum absolute atomic E-state index is 0.0156. The van der Waals surface area contributed by atoms with Crippen molar-refractivity contribution in [3.8, 4) is 5.75 Å². The van der Waals surface area contributed by atoms with Crippen LogP contribution in [0.4, 0.5) is 24.5 Å². The summed E-state index contributed by atoms with van der Waals surface area (Å²) < 4.78 is 44.7. The molecule has 9 heteroatoms. The maximum Gasteiger partial charge on any atom is 0.416 e. The summed E-state index contributed by atoms with van der Waals surface area (Å²) in [6.07, 6.45) is -4.60. The Bertz CT molecular complexity index is 1190. The molecule has 1 N–H and O–H groups in total. The molecule has 0 saturated heterocycles. The lowest BCUT2D eigenvalue weighted by molar-refractivity contribution is -0.137. The van der Waals surface area contributed by atoms with E-state index in [0.717, 1.165) is 23.1 Å². The molecule has 1 aliphatic rings. The van der Waals surface area contributed by atoms with Crippen molar-refractivity contribution >= 4 is 40.1 Å². The predicted molar refractivity (Wildman–Crippen MR) is 112 cm³/mol. The van der Waals surface area contributed by atoms with Gasteiger partial charge < -0.3 is 10.1 Å². The Hall–Kier alpha value is -3.59. The van der Waals surface area contributed by atoms with E-state index in [4.69, 9.17) is 4.74 Å². The molecule has 158 valence electrons. The molecule has 0 fully saturated rings. The molecule has 3 aromatic rings. The summed E-state index contributed by atoms with van der Waals surface area (Å²) in [7, 11) is 1.50. The van der Waals surface area contributed by atoms with Crippen molar-refractivity contribution < 1.29 is 27.5 Å². The van der Waals surface area contributed by atoms with E-state index in [1.165, 1.54) is 24.5 Å². The highest BCUT2D eigenvalue weighted by Crippen LogP contribution is 2.38. The maximum absolute atomic E-state index is 13.2. The molecule has 0 bridgehead atoms. The van der Waals surface area contributed by atoms with Crippen molar-refractivity contribution in [3.63, 3.8) is 0 Å². The SMILES string of the molecule is COc1cccc(NC2=C(c3cccs3)C(=O)N(c3cccc(C(F)(F)F)c3)C2=O)c1. The van der Waals surface area contributed by atoms with Crippen LogP contribution in [0.15, 0.2) is 71.7 Å². The van der Waals surface area contributed by atoms with Crippen LogP contribution in [0, 0.1) is 0 Å². The first-order valence-electron chi connectivity index (χ1n) is 9.05. The maximum atomic E-state index is 13.2. The third-order valence-corrected chi connectivity index (χ3v) is 5.51. The van der Waals surface area contributed by atoms with Gasteiger partial charge in [-0.15, -0.1) is 11.3 Å². The Morgan fingerprint density at radius 1 is 0.968 bits per heavy atom. The van der Waals surface area contributed by atoms with Crippen LogP contribution in [-0.4, -0.2) is 18.9 Å². The van der Waals surface area contributed by atoms with Gasteiger partial charge in [-0.2, -0.15) is 13.2 Å². The Kier molecular flexibility index (Phi) is 5.28. The molecule has 2 aromatic carbocycles. The zero-order valence-electron chi connectivity index (χ0n) is 16.1. The average Bonchev–Trinajstić information content (AvgIpc) is 3.34. The summed E-state index contributed by atoms with van der Waals surface area (Å²) in [6.45, 7) is 0. The third kappa shape index (κ3) is 3.91. The first kappa shape index (κ1) is 20.7. The van der Waals surface area contributed by atoms with Gasteiger partial charge in [0.2, 0.25) is 0 Å². The molecule has 31 heavy (non-hydrogen) atoms. The van der Waals surface area contributed by atoms with Crippen LogP contribution in [0.5, 0.6) is 5.75 Å². The zero-order chi connectivity index (χ0) is 22.2. The number of amides is 2. The monoisotopic (exact) mass is 444 g/mol. The number of methoxy groups -OCH3 is 1. The van der Waals surface area contributed by atoms with Crippen LogP contribution in [-0.2, 0) is 15.8 Å². The summed E-state index contributed by atoms with van der Waals surface area (Å²) in [5.41, 5.74) is -0.521. The molecule has 0 aliphatic carbocycles. The number of nitrogens with zero attached hydrogens (tertiary/aromatic N) is 1. The van der Waals surface area contributed by atoms with E-state index in [9.17, 15) is 22.8 Å². The smallest absolute Gasteiger partial charge is 0.416 e. The van der Waals surface area contributed by atoms with E-state index in [0.29, 0.717) is 16.3 Å². The van der Waals surface area contributed by atoms with Gasteiger partial charge in [0.25, 0.3) is 11.8 Å². The second kappa shape index (κ2) is 7.92. The van der Waals surface area contributed by atoms with Crippen molar-refractivity contribution in [3.05, 3.63) is 82.2 Å². The van der Waals surface area contributed by atoms with Crippen LogP contribution in [0.3, 0.4) is 0 Å². The number of nitrogens with one attached hydrogen (secondary N) is 1. The lowest BCUT2D eigenvalue weighted by atomic mass is 10.1. The molecule has 0 radical (unpaired) electrons. The number of anilines is 2. The number of benzene rings is 2. The molecule has 1 aliphatic heterocycles. The number of hydrogen-bond acceptors (Lipinski definition) is 5. The number of rotatable bonds is 5. The minimum Gasteiger partial charge on any atom is -0.497 e. The summed E-state index contributed by atoms with van der Waals surface area (Å²) >= 11 is 1.25. The first-order chi connectivity index (χ1) is 14.8. The van der Waals surface area contributed by atoms with Crippen molar-refractivity contribution in [2.75, 3.05) is 17.3 Å². The van der Waals surface area contributed by atoms with Gasteiger partial charge in [-0.25, -0.2) is 4.90 Å². The molecule has 5 nitrogen and oxygen atoms in total. The highest BCUT2D eigenvalue weighted by Gasteiger charge is 2.41. The number of alkyl halides is 3. The van der Waals surface area contributed by atoms with E-state index in [1.54, 1.807) is 41.8 Å². The standard InChI is InChI=1S/C22H15F3N2O3S/c1-30-16-8-3-6-14(12-16)26-19-18(17-9-4-10-31-17)20(28)27(21(19)29)15-7-2-5-13(11-15)22(23,24)25/h2-12,26H,1H3. The van der Waals surface area contributed by atoms with Crippen molar-refractivity contribution in [2.24, 2.45) is 0 Å². The quantitative estimate of drug-likeness (QED) is 0.552. The Balaban J connectivity index is 1.78. The van der Waals surface area contributed by atoms with Gasteiger partial charge in [-0.1, -0.05) is 18.2 Å². The van der Waals surface area contributed by atoms with Crippen molar-refractivity contribution in [1.82, 2.24) is 0 Å². The van der Waals surface area contributed by atoms with Crippen LogP contribution in [0.25, 0.3) is 5.57 Å². The number of carbonyl (C=O) groups excluding carboxylic acids is 2. The van der Waals surface area contributed by atoms with E-state index < -0.39 is 23.6 Å². The molecule has 2 amide bonds. The zero-order valence-corrected chi connectivity index (χ0v) is 16.9. The minimum atomic E-state index is -4.60. The average molecular weight is 444 g/mol. The third-order valence-electron chi connectivity index (χ3n) is 4.62. The lowest BCUT2D eigenvalue weighted by Gasteiger charge is -2.17. The molecule has 0 saturated carbocycles. The van der Waals surface area contributed by atoms with Gasteiger partial charge >= 0.3 is 6.18 Å². The Labute approximate surface area is 179 Å². The topological polar surface area (TPSA) is 58.6 Å². The van der Waals surface area contributed by atoms with Gasteiger partial charge in [-0.3, -0.25) is 9.59 Å². The highest BCUT2D eigenvalue weighted by molar-refractivity contribution is 7.11. The van der Waals surface area contributed by atoms with E-state index in [2.05, 4.69) is 5.32 Å². The summed E-state index contributed by atoms with van der Waals surface area (Å²) in [5, 5.41) is 4.70. The lowest BCUT2D eigenvalue weighted by Crippen LogP contribution is -2.32. The predicted octanol–water partition coefficient (Wildman–Crippen LogP) is 5.17. The number of imide groups is 1. The second-order valence-electron chi connectivity index (χ2n) is 6.58. The van der Waals surface area contributed by atoms with Crippen molar-refractivity contribution in [1.29, 1.82) is 0 Å². The van der Waals surface area contributed by atoms with Gasteiger partial charge in [0.1, 0.15) is 11.4 Å². The number of thiophene rings is 1. The van der Waals surface area contributed by atoms with Gasteiger partial charge in [0, 0.05) is 16.6 Å². The fourth-order valence-electron chi connectivity index (χ4n) is 3.20. The second-order valence-corrected chi connectivity index (χ2v) is 7.53. The molecular weight excluding hydrogens is 429 g/mol. The Morgan fingerprint density at radius 3 is 2.42 bits per heavy atom. The van der Waals surface area contributed by atoms with Crippen molar-refractivity contribution in [2.45, 2.75) is 6.18 Å². The summed E-state index contributed by atoms with van der Waals surface area (Å²) in [4.78, 5) is 27.7. The van der Waals surface area contributed by atoms with Crippen LogP contribution >= 0.6 is 11.3 Å². The fraction of sp³-hybridized carbons (Fsp3) is 0.0909. The van der Waals surface area contributed by atoms with Gasteiger partial charge in [0.05, 0.1) is 23.9 Å². The molecule has 0 atom stereocenters. The number of carbonyl (C=O) groups is 2. The van der Waals surface area contributed by atoms with Crippen LogP contribution < -0.4 is 15.0 Å². The molecule has 2 heterocycles. The van der Waals surface area contributed by atoms with Crippen LogP contribution in [0.2, 0.25) is 0 Å². The van der Waals surface area contributed by atoms with E-state index in [1.807, 2.05) is 0 Å². The fourth-order valence-corrected chi connectivity index (χ4v) is 3.96. The molecule has 1 aromatic heterocycles. The number of hydrogen-bond donors (Lipinski definition) is 1. The molecule has 4 rings (SSSR count). The van der Waals surface area contributed by atoms with Gasteiger partial charge in [0.15, 0.2) is 0 Å². The number of ether oxygens (including phenoxy) is 1. The largest absolute Gasteiger partial charge is 0.497 e. The van der Waals surface area contributed by atoms with E-state index in [-0.39, 0.29) is 17.0 Å². The summed E-state index contributed by atoms with van der Waals surface area (Å²) in [5.74, 6) is -0.900.